The van der Waals surface area contributed by atoms with Crippen LogP contribution in [0.25, 0.3) is 0 Å². The summed E-state index contributed by atoms with van der Waals surface area (Å²) in [6.07, 6.45) is 1.50. The Hall–Kier alpha value is -3.24. The maximum atomic E-state index is 13.9. The quantitative estimate of drug-likeness (QED) is 0.367. The van der Waals surface area contributed by atoms with Crippen LogP contribution in [0.15, 0.2) is 48.5 Å². The molecule has 2 aromatic rings. The molecule has 2 rings (SSSR count). The van der Waals surface area contributed by atoms with Crippen molar-refractivity contribution in [3.05, 3.63) is 59.7 Å². The van der Waals surface area contributed by atoms with Crippen LogP contribution in [0.1, 0.15) is 44.4 Å². The Bertz CT molecular complexity index is 1050. The van der Waals surface area contributed by atoms with Crippen LogP contribution in [-0.2, 0) is 14.3 Å². The predicted octanol–water partition coefficient (Wildman–Crippen LogP) is 4.15. The third-order valence-electron chi connectivity index (χ3n) is 5.53. The van der Waals surface area contributed by atoms with Crippen molar-refractivity contribution in [2.45, 2.75) is 51.8 Å². The van der Waals surface area contributed by atoms with Crippen LogP contribution >= 0.6 is 11.8 Å². The molecule has 9 nitrogen and oxygen atoms in total. The SMILES string of the molecule is COc1ccc(NC(=O)C(c2ccc(C)cc2)N(CCO)C(=O)C(CCSC)NC(=O)OC(C)(C)C)cc1. The van der Waals surface area contributed by atoms with Gasteiger partial charge in [0.2, 0.25) is 5.91 Å². The number of anilines is 1. The van der Waals surface area contributed by atoms with Crippen molar-refractivity contribution in [3.8, 4) is 5.75 Å². The van der Waals surface area contributed by atoms with Gasteiger partial charge in [-0.15, -0.1) is 0 Å². The number of amides is 3. The van der Waals surface area contributed by atoms with Crippen LogP contribution in [0, 0.1) is 6.92 Å². The van der Waals surface area contributed by atoms with Gasteiger partial charge in [0.25, 0.3) is 5.91 Å². The van der Waals surface area contributed by atoms with Crippen molar-refractivity contribution < 1.29 is 29.0 Å². The number of carbonyl (C=O) groups excluding carboxylic acids is 3. The normalized spacial score (nSPS) is 12.7. The number of methoxy groups -OCH3 is 1. The van der Waals surface area contributed by atoms with Crippen molar-refractivity contribution in [2.24, 2.45) is 0 Å². The van der Waals surface area contributed by atoms with Gasteiger partial charge < -0.3 is 30.1 Å². The van der Waals surface area contributed by atoms with E-state index in [1.807, 2.05) is 25.3 Å². The van der Waals surface area contributed by atoms with Gasteiger partial charge in [0.05, 0.1) is 13.7 Å². The van der Waals surface area contributed by atoms with E-state index in [1.165, 1.54) is 16.7 Å². The molecule has 38 heavy (non-hydrogen) atoms. The number of ether oxygens (including phenoxy) is 2. The number of rotatable bonds is 12. The third kappa shape index (κ3) is 9.57. The Morgan fingerprint density at radius 1 is 1.05 bits per heavy atom. The summed E-state index contributed by atoms with van der Waals surface area (Å²) in [7, 11) is 1.55. The van der Waals surface area contributed by atoms with E-state index in [-0.39, 0.29) is 13.2 Å². The first-order chi connectivity index (χ1) is 18.0. The number of hydrogen-bond donors (Lipinski definition) is 3. The second-order valence-electron chi connectivity index (χ2n) is 9.77. The lowest BCUT2D eigenvalue weighted by Crippen LogP contribution is -2.53. The molecule has 3 N–H and O–H groups in total. The summed E-state index contributed by atoms with van der Waals surface area (Å²) in [4.78, 5) is 41.5. The lowest BCUT2D eigenvalue weighted by Gasteiger charge is -2.34. The first-order valence-electron chi connectivity index (χ1n) is 12.4. The van der Waals surface area contributed by atoms with Crippen molar-refractivity contribution >= 4 is 35.4 Å². The Kier molecular flexibility index (Phi) is 11.9. The number of nitrogens with one attached hydrogen (secondary N) is 2. The van der Waals surface area contributed by atoms with Gasteiger partial charge in [0, 0.05) is 12.2 Å². The highest BCUT2D eigenvalue weighted by molar-refractivity contribution is 7.98. The highest BCUT2D eigenvalue weighted by atomic mass is 32.2. The number of thioether (sulfide) groups is 1. The molecule has 0 spiro atoms. The molecule has 0 aliphatic carbocycles. The number of hydrogen-bond acceptors (Lipinski definition) is 7. The molecule has 208 valence electrons. The Morgan fingerprint density at radius 2 is 1.68 bits per heavy atom. The lowest BCUT2D eigenvalue weighted by molar-refractivity contribution is -0.141. The van der Waals surface area contributed by atoms with E-state index in [9.17, 15) is 19.5 Å². The minimum atomic E-state index is -1.06. The average molecular weight is 546 g/mol. The maximum absolute atomic E-state index is 13.9. The molecule has 10 heteroatoms. The zero-order valence-corrected chi connectivity index (χ0v) is 23.8. The molecule has 0 saturated heterocycles. The van der Waals surface area contributed by atoms with Crippen LogP contribution in [-0.4, -0.2) is 71.8 Å². The number of carbonyl (C=O) groups is 3. The van der Waals surface area contributed by atoms with Crippen LogP contribution < -0.4 is 15.4 Å². The number of aliphatic hydroxyl groups excluding tert-OH is 1. The van der Waals surface area contributed by atoms with Crippen molar-refractivity contribution in [3.63, 3.8) is 0 Å². The number of nitrogens with zero attached hydrogens (tertiary/aromatic N) is 1. The smallest absolute Gasteiger partial charge is 0.408 e. The Morgan fingerprint density at radius 3 is 2.21 bits per heavy atom. The van der Waals surface area contributed by atoms with Crippen LogP contribution in [0.3, 0.4) is 0 Å². The summed E-state index contributed by atoms with van der Waals surface area (Å²) in [5.74, 6) is 0.281. The molecule has 0 saturated carbocycles. The van der Waals surface area contributed by atoms with Gasteiger partial charge in [-0.3, -0.25) is 9.59 Å². The summed E-state index contributed by atoms with van der Waals surface area (Å²) < 4.78 is 10.6. The summed E-state index contributed by atoms with van der Waals surface area (Å²) in [6.45, 7) is 6.65. The van der Waals surface area contributed by atoms with E-state index in [4.69, 9.17) is 9.47 Å². The summed E-state index contributed by atoms with van der Waals surface area (Å²) >= 11 is 1.53. The second-order valence-corrected chi connectivity index (χ2v) is 10.8. The van der Waals surface area contributed by atoms with Crippen molar-refractivity contribution in [1.82, 2.24) is 10.2 Å². The zero-order chi connectivity index (χ0) is 28.3. The van der Waals surface area contributed by atoms with E-state index in [2.05, 4.69) is 10.6 Å². The average Bonchev–Trinajstić information content (AvgIpc) is 2.86. The highest BCUT2D eigenvalue weighted by Crippen LogP contribution is 2.26. The molecule has 0 fully saturated rings. The lowest BCUT2D eigenvalue weighted by atomic mass is 10.0. The number of alkyl carbamates (subject to hydrolysis) is 1. The van der Waals surface area contributed by atoms with E-state index in [0.29, 0.717) is 29.2 Å². The highest BCUT2D eigenvalue weighted by Gasteiger charge is 2.36. The van der Waals surface area contributed by atoms with E-state index in [1.54, 1.807) is 64.3 Å². The first kappa shape index (κ1) is 31.0. The molecular formula is C28H39N3O6S. The molecule has 0 bridgehead atoms. The van der Waals surface area contributed by atoms with Crippen molar-refractivity contribution in [2.75, 3.05) is 37.6 Å². The Labute approximate surface area is 229 Å². The number of aryl methyl sites for hydroxylation is 1. The third-order valence-corrected chi connectivity index (χ3v) is 6.18. The number of aliphatic hydroxyl groups is 1. The van der Waals surface area contributed by atoms with Crippen molar-refractivity contribution in [1.29, 1.82) is 0 Å². The summed E-state index contributed by atoms with van der Waals surface area (Å²) in [6, 6.07) is 12.1. The molecule has 0 aromatic heterocycles. The molecule has 2 atom stereocenters. The topological polar surface area (TPSA) is 117 Å². The molecule has 2 unspecified atom stereocenters. The van der Waals surface area contributed by atoms with Crippen LogP contribution in [0.2, 0.25) is 0 Å². The minimum Gasteiger partial charge on any atom is -0.497 e. The standard InChI is InChI=1S/C28H39N3O6S/c1-19-7-9-20(10-8-19)24(25(33)29-21-11-13-22(36-5)14-12-21)31(16-17-32)26(34)23(15-18-38-6)30-27(35)37-28(2,3)4/h7-14,23-24,32H,15-18H2,1-6H3,(H,29,33)(H,30,35). The Balaban J connectivity index is 2.44. The molecular weight excluding hydrogens is 506 g/mol. The fourth-order valence-corrected chi connectivity index (χ4v) is 4.20. The molecule has 0 heterocycles. The van der Waals surface area contributed by atoms with Crippen LogP contribution in [0.4, 0.5) is 10.5 Å². The predicted molar refractivity (Wildman–Crippen MR) is 150 cm³/mol. The van der Waals surface area contributed by atoms with E-state index in [0.717, 1.165) is 5.56 Å². The van der Waals surface area contributed by atoms with Gasteiger partial charge in [-0.05, 0) is 76.0 Å². The fourth-order valence-electron chi connectivity index (χ4n) is 3.72. The van der Waals surface area contributed by atoms with Gasteiger partial charge in [0.15, 0.2) is 0 Å². The monoisotopic (exact) mass is 545 g/mol. The summed E-state index contributed by atoms with van der Waals surface area (Å²) in [5.41, 5.74) is 1.34. The van der Waals surface area contributed by atoms with Gasteiger partial charge in [-0.25, -0.2) is 4.79 Å². The molecule has 3 amide bonds. The van der Waals surface area contributed by atoms with E-state index < -0.39 is 35.6 Å². The van der Waals surface area contributed by atoms with E-state index >= 15 is 0 Å². The van der Waals surface area contributed by atoms with Gasteiger partial charge in [-0.2, -0.15) is 11.8 Å². The maximum Gasteiger partial charge on any atom is 0.408 e. The zero-order valence-electron chi connectivity index (χ0n) is 22.9. The molecule has 2 aromatic carbocycles. The second kappa shape index (κ2) is 14.6. The molecule has 0 aliphatic heterocycles. The fraction of sp³-hybridized carbons (Fsp3) is 0.464. The molecule has 0 aliphatic rings. The largest absolute Gasteiger partial charge is 0.497 e. The minimum absolute atomic E-state index is 0.112. The van der Waals surface area contributed by atoms with Gasteiger partial charge >= 0.3 is 6.09 Å². The van der Waals surface area contributed by atoms with Gasteiger partial charge in [0.1, 0.15) is 23.4 Å². The van der Waals surface area contributed by atoms with Gasteiger partial charge in [-0.1, -0.05) is 29.8 Å². The van der Waals surface area contributed by atoms with Crippen LogP contribution in [0.5, 0.6) is 5.75 Å². The first-order valence-corrected chi connectivity index (χ1v) is 13.8. The summed E-state index contributed by atoms with van der Waals surface area (Å²) in [5, 5.41) is 15.4. The number of benzene rings is 2. The molecule has 0 radical (unpaired) electrons.